The van der Waals surface area contributed by atoms with Crippen molar-refractivity contribution < 1.29 is 9.47 Å². The van der Waals surface area contributed by atoms with Gasteiger partial charge < -0.3 is 14.8 Å². The molecule has 0 unspecified atom stereocenters. The first-order chi connectivity index (χ1) is 7.24. The molecule has 1 N–H and O–H groups in total. The van der Waals surface area contributed by atoms with Gasteiger partial charge in [-0.1, -0.05) is 0 Å². The fourth-order valence-corrected chi connectivity index (χ4v) is 2.96. The van der Waals surface area contributed by atoms with Crippen molar-refractivity contribution >= 4 is 0 Å². The van der Waals surface area contributed by atoms with Gasteiger partial charge in [0.2, 0.25) is 0 Å². The van der Waals surface area contributed by atoms with E-state index in [1.165, 1.54) is 19.3 Å². The van der Waals surface area contributed by atoms with Gasteiger partial charge in [0.1, 0.15) is 0 Å². The average molecular weight is 213 g/mol. The summed E-state index contributed by atoms with van der Waals surface area (Å²) in [5, 5.41) is 3.64. The van der Waals surface area contributed by atoms with E-state index in [1.807, 2.05) is 0 Å². The highest BCUT2D eigenvalue weighted by molar-refractivity contribution is 5.03. The molecule has 1 aliphatic heterocycles. The number of nitrogens with one attached hydrogen (secondary N) is 1. The van der Waals surface area contributed by atoms with Crippen LogP contribution in [0, 0.1) is 0 Å². The van der Waals surface area contributed by atoms with E-state index in [0.717, 1.165) is 32.6 Å². The van der Waals surface area contributed by atoms with Crippen molar-refractivity contribution in [1.82, 2.24) is 5.32 Å². The van der Waals surface area contributed by atoms with Crippen LogP contribution in [0.1, 0.15) is 46.0 Å². The molecule has 3 heteroatoms. The summed E-state index contributed by atoms with van der Waals surface area (Å²) in [5.74, 6) is -0.296. The Morgan fingerprint density at radius 1 is 1.07 bits per heavy atom. The summed E-state index contributed by atoms with van der Waals surface area (Å²) in [4.78, 5) is 0. The van der Waals surface area contributed by atoms with E-state index in [-0.39, 0.29) is 5.79 Å². The molecule has 1 saturated heterocycles. The van der Waals surface area contributed by atoms with Crippen molar-refractivity contribution in [3.8, 4) is 0 Å². The third-order valence-electron chi connectivity index (χ3n) is 3.74. The van der Waals surface area contributed by atoms with Gasteiger partial charge in [-0.05, 0) is 33.1 Å². The van der Waals surface area contributed by atoms with Gasteiger partial charge in [-0.3, -0.25) is 0 Å². The van der Waals surface area contributed by atoms with Crippen LogP contribution in [0.5, 0.6) is 0 Å². The number of piperidine rings is 1. The molecule has 0 aromatic heterocycles. The minimum Gasteiger partial charge on any atom is -0.350 e. The third-order valence-corrected chi connectivity index (χ3v) is 3.74. The second-order valence-corrected chi connectivity index (χ2v) is 4.76. The van der Waals surface area contributed by atoms with E-state index < -0.39 is 0 Å². The smallest absolute Gasteiger partial charge is 0.171 e. The lowest BCUT2D eigenvalue weighted by atomic mass is 9.70. The third kappa shape index (κ3) is 2.19. The van der Waals surface area contributed by atoms with Gasteiger partial charge in [-0.15, -0.1) is 0 Å². The van der Waals surface area contributed by atoms with Gasteiger partial charge in [-0.2, -0.15) is 0 Å². The molecule has 15 heavy (non-hydrogen) atoms. The lowest BCUT2D eigenvalue weighted by Gasteiger charge is -2.52. The molecule has 1 heterocycles. The predicted molar refractivity (Wildman–Crippen MR) is 59.8 cm³/mol. The average Bonchev–Trinajstić information content (AvgIpc) is 2.16. The Hall–Kier alpha value is -0.120. The predicted octanol–water partition coefficient (Wildman–Crippen LogP) is 2.06. The molecule has 0 radical (unpaired) electrons. The molecule has 2 fully saturated rings. The van der Waals surface area contributed by atoms with E-state index in [9.17, 15) is 0 Å². The lowest BCUT2D eigenvalue weighted by molar-refractivity contribution is -0.262. The van der Waals surface area contributed by atoms with Gasteiger partial charge >= 0.3 is 0 Å². The second-order valence-electron chi connectivity index (χ2n) is 4.76. The molecule has 1 saturated carbocycles. The Morgan fingerprint density at radius 2 is 1.73 bits per heavy atom. The van der Waals surface area contributed by atoms with Crippen molar-refractivity contribution in [1.29, 1.82) is 0 Å². The zero-order chi connectivity index (χ0) is 10.8. The molecule has 0 atom stereocenters. The summed E-state index contributed by atoms with van der Waals surface area (Å²) in [6.45, 7) is 6.62. The quantitative estimate of drug-likeness (QED) is 0.725. The van der Waals surface area contributed by atoms with Gasteiger partial charge in [-0.25, -0.2) is 0 Å². The molecule has 0 bridgehead atoms. The van der Waals surface area contributed by atoms with E-state index in [0.29, 0.717) is 5.54 Å². The van der Waals surface area contributed by atoms with E-state index in [2.05, 4.69) is 19.2 Å². The highest BCUT2D eigenvalue weighted by atomic mass is 16.7. The summed E-state index contributed by atoms with van der Waals surface area (Å²) in [6, 6.07) is 0. The maximum atomic E-state index is 5.88. The van der Waals surface area contributed by atoms with Gasteiger partial charge in [0.05, 0.1) is 0 Å². The molecule has 0 aromatic rings. The van der Waals surface area contributed by atoms with E-state index >= 15 is 0 Å². The van der Waals surface area contributed by atoms with Crippen molar-refractivity contribution in [3.05, 3.63) is 0 Å². The second kappa shape index (κ2) is 4.40. The minimum absolute atomic E-state index is 0.296. The van der Waals surface area contributed by atoms with Crippen LogP contribution in [0.4, 0.5) is 0 Å². The van der Waals surface area contributed by atoms with Crippen LogP contribution in [0.2, 0.25) is 0 Å². The Bertz CT molecular complexity index is 202. The van der Waals surface area contributed by atoms with Crippen molar-refractivity contribution in [2.45, 2.75) is 57.3 Å². The van der Waals surface area contributed by atoms with Gasteiger partial charge in [0, 0.05) is 38.1 Å². The monoisotopic (exact) mass is 213 g/mol. The molecule has 88 valence electrons. The Morgan fingerprint density at radius 3 is 2.20 bits per heavy atom. The Balaban J connectivity index is 2.02. The van der Waals surface area contributed by atoms with Crippen LogP contribution >= 0.6 is 0 Å². The lowest BCUT2D eigenvalue weighted by Crippen LogP contribution is -2.62. The summed E-state index contributed by atoms with van der Waals surface area (Å²) in [5.41, 5.74) is 0.336. The minimum atomic E-state index is -0.296. The molecule has 1 aliphatic carbocycles. The molecular weight excluding hydrogens is 190 g/mol. The summed E-state index contributed by atoms with van der Waals surface area (Å²) < 4.78 is 11.8. The molecule has 2 aliphatic rings. The number of rotatable bonds is 4. The van der Waals surface area contributed by atoms with Gasteiger partial charge in [0.15, 0.2) is 5.79 Å². The zero-order valence-electron chi connectivity index (χ0n) is 9.97. The van der Waals surface area contributed by atoms with Crippen LogP contribution in [0.3, 0.4) is 0 Å². The maximum Gasteiger partial charge on any atom is 0.171 e. The number of hydrogen-bond acceptors (Lipinski definition) is 3. The van der Waals surface area contributed by atoms with Crippen molar-refractivity contribution in [2.75, 3.05) is 19.8 Å². The summed E-state index contributed by atoms with van der Waals surface area (Å²) in [6.07, 6.45) is 5.93. The van der Waals surface area contributed by atoms with Crippen LogP contribution in [0.15, 0.2) is 0 Å². The fraction of sp³-hybridized carbons (Fsp3) is 1.00. The SMILES string of the molecule is CCOC1(OCC)CCNC2(CCC2)C1. The first-order valence-corrected chi connectivity index (χ1v) is 6.27. The largest absolute Gasteiger partial charge is 0.350 e. The van der Waals surface area contributed by atoms with E-state index in [1.54, 1.807) is 0 Å². The van der Waals surface area contributed by atoms with Crippen LogP contribution in [0.25, 0.3) is 0 Å². The topological polar surface area (TPSA) is 30.5 Å². The summed E-state index contributed by atoms with van der Waals surface area (Å²) >= 11 is 0. The molecule has 0 aromatic carbocycles. The Kier molecular flexibility index (Phi) is 3.33. The normalized spacial score (nSPS) is 27.6. The molecular formula is C12H23NO2. The number of hydrogen-bond donors (Lipinski definition) is 1. The van der Waals surface area contributed by atoms with Crippen LogP contribution < -0.4 is 5.32 Å². The molecule has 1 spiro atoms. The zero-order valence-corrected chi connectivity index (χ0v) is 9.97. The fourth-order valence-electron chi connectivity index (χ4n) is 2.96. The first kappa shape index (κ1) is 11.4. The van der Waals surface area contributed by atoms with Crippen molar-refractivity contribution in [3.63, 3.8) is 0 Å². The van der Waals surface area contributed by atoms with E-state index in [4.69, 9.17) is 9.47 Å². The highest BCUT2D eigenvalue weighted by Gasteiger charge is 2.48. The number of ether oxygens (including phenoxy) is 2. The van der Waals surface area contributed by atoms with Crippen molar-refractivity contribution in [2.24, 2.45) is 0 Å². The molecule has 3 nitrogen and oxygen atoms in total. The standard InChI is InChI=1S/C12H23NO2/c1-3-14-12(15-4-2)8-9-13-11(10-12)6-5-7-11/h13H,3-10H2,1-2H3. The maximum absolute atomic E-state index is 5.88. The highest BCUT2D eigenvalue weighted by Crippen LogP contribution is 2.43. The first-order valence-electron chi connectivity index (χ1n) is 6.27. The van der Waals surface area contributed by atoms with Gasteiger partial charge in [0.25, 0.3) is 0 Å². The Labute approximate surface area is 92.5 Å². The molecule has 0 amide bonds. The van der Waals surface area contributed by atoms with Crippen LogP contribution in [-0.2, 0) is 9.47 Å². The molecule has 2 rings (SSSR count). The van der Waals surface area contributed by atoms with Crippen LogP contribution in [-0.4, -0.2) is 31.1 Å². The summed E-state index contributed by atoms with van der Waals surface area (Å²) in [7, 11) is 0.